The molecule has 1 saturated heterocycles. The van der Waals surface area contributed by atoms with Crippen LogP contribution in [0.15, 0.2) is 48.2 Å². The van der Waals surface area contributed by atoms with Crippen LogP contribution in [0, 0.1) is 0 Å². The summed E-state index contributed by atoms with van der Waals surface area (Å²) in [6.07, 6.45) is 5.97. The van der Waals surface area contributed by atoms with Crippen molar-refractivity contribution >= 4 is 30.1 Å². The predicted octanol–water partition coefficient (Wildman–Crippen LogP) is 3.24. The number of benzene rings is 1. The summed E-state index contributed by atoms with van der Waals surface area (Å²) in [5.41, 5.74) is 0.983. The summed E-state index contributed by atoms with van der Waals surface area (Å²) in [7, 11) is 0. The van der Waals surface area contributed by atoms with Gasteiger partial charge in [0.25, 0.3) is 0 Å². The van der Waals surface area contributed by atoms with E-state index in [1.807, 2.05) is 23.7 Å². The minimum absolute atomic E-state index is 0.146. The van der Waals surface area contributed by atoms with Crippen molar-refractivity contribution in [2.24, 2.45) is 0 Å². The summed E-state index contributed by atoms with van der Waals surface area (Å²) in [6.45, 7) is 4.02. The van der Waals surface area contributed by atoms with Crippen molar-refractivity contribution in [2.75, 3.05) is 32.7 Å². The molecule has 29 heavy (non-hydrogen) atoms. The molecule has 1 N–H and O–H groups in total. The number of nitrogens with zero attached hydrogens (tertiary/aromatic N) is 4. The maximum atomic E-state index is 12.5. The van der Waals surface area contributed by atoms with E-state index in [-0.39, 0.29) is 11.3 Å². The molecule has 0 radical (unpaired) electrons. The summed E-state index contributed by atoms with van der Waals surface area (Å²) in [5.74, 6) is 1.32. The lowest BCUT2D eigenvalue weighted by Gasteiger charge is -2.33. The third-order valence-corrected chi connectivity index (χ3v) is 6.32. The van der Waals surface area contributed by atoms with Crippen LogP contribution in [0.3, 0.4) is 0 Å². The lowest BCUT2D eigenvalue weighted by molar-refractivity contribution is 0.111. The van der Waals surface area contributed by atoms with Crippen molar-refractivity contribution in [1.29, 1.82) is 0 Å². The van der Waals surface area contributed by atoms with Crippen LogP contribution in [0.5, 0.6) is 5.75 Å². The molecule has 1 unspecified atom stereocenters. The van der Waals surface area contributed by atoms with E-state index in [2.05, 4.69) is 32.5 Å². The van der Waals surface area contributed by atoms with Crippen molar-refractivity contribution in [1.82, 2.24) is 24.8 Å². The monoisotopic (exact) mass is 429 g/mol. The van der Waals surface area contributed by atoms with Crippen LogP contribution in [0.1, 0.15) is 21.6 Å². The second kappa shape index (κ2) is 9.43. The number of ether oxygens (including phenoxy) is 1. The van der Waals surface area contributed by atoms with Gasteiger partial charge in [-0.05, 0) is 17.7 Å². The van der Waals surface area contributed by atoms with Crippen LogP contribution < -0.4 is 4.74 Å². The second-order valence-electron chi connectivity index (χ2n) is 6.82. The van der Waals surface area contributed by atoms with Gasteiger partial charge in [0, 0.05) is 63.1 Å². The first-order valence-electron chi connectivity index (χ1n) is 9.54. The van der Waals surface area contributed by atoms with E-state index in [9.17, 15) is 4.79 Å². The zero-order chi connectivity index (χ0) is 20.1. The van der Waals surface area contributed by atoms with Crippen LogP contribution >= 0.6 is 24.0 Å². The highest BCUT2D eigenvalue weighted by molar-refractivity contribution is 7.80. The second-order valence-corrected chi connectivity index (χ2v) is 8.31. The van der Waals surface area contributed by atoms with Gasteiger partial charge in [-0.25, -0.2) is 14.8 Å². The highest BCUT2D eigenvalue weighted by Crippen LogP contribution is 2.27. The fourth-order valence-electron chi connectivity index (χ4n) is 3.25. The van der Waals surface area contributed by atoms with E-state index >= 15 is 0 Å². The average Bonchev–Trinajstić information content (AvgIpc) is 3.47. The Hall–Kier alpha value is -2.36. The molecule has 1 fully saturated rings. The molecule has 1 atom stereocenters. The lowest BCUT2D eigenvalue weighted by atomic mass is 10.1. The Bertz CT molecular complexity index is 892. The topological polar surface area (TPSA) is 74.3 Å². The fourth-order valence-corrected chi connectivity index (χ4v) is 4.18. The highest BCUT2D eigenvalue weighted by Gasteiger charge is 2.22. The molecule has 1 aliphatic rings. The van der Waals surface area contributed by atoms with Gasteiger partial charge in [-0.2, -0.15) is 12.6 Å². The van der Waals surface area contributed by atoms with E-state index in [1.165, 1.54) is 0 Å². The normalized spacial score (nSPS) is 16.0. The Balaban J connectivity index is 1.24. The molecule has 1 aliphatic heterocycles. The standard InChI is InChI=1S/C20H23N5O2S2/c26-20(25-12-10-24(11-13-25)9-5-17-21-8-14-29-17)27-16-3-1-15(2-4-16)18(28)19-22-6-7-23-19/h1-4,6-8,14,18,28H,5,9-13H2,(H,22,23). The first-order valence-corrected chi connectivity index (χ1v) is 10.9. The van der Waals surface area contributed by atoms with Gasteiger partial charge in [-0.1, -0.05) is 12.1 Å². The number of hydrogen-bond donors (Lipinski definition) is 2. The van der Waals surface area contributed by atoms with Crippen LogP contribution in [0.4, 0.5) is 4.79 Å². The molecular weight excluding hydrogens is 406 g/mol. The number of thiol groups is 1. The largest absolute Gasteiger partial charge is 0.415 e. The number of carbonyl (C=O) groups excluding carboxylic acids is 1. The smallest absolute Gasteiger partial charge is 0.410 e. The number of aromatic nitrogens is 3. The number of imidazole rings is 1. The molecule has 152 valence electrons. The number of carbonyl (C=O) groups is 1. The van der Waals surface area contributed by atoms with Gasteiger partial charge in [0.2, 0.25) is 0 Å². The van der Waals surface area contributed by atoms with E-state index < -0.39 is 0 Å². The molecule has 9 heteroatoms. The Morgan fingerprint density at radius 1 is 1.17 bits per heavy atom. The van der Waals surface area contributed by atoms with Gasteiger partial charge >= 0.3 is 6.09 Å². The van der Waals surface area contributed by atoms with E-state index in [1.54, 1.807) is 40.8 Å². The van der Waals surface area contributed by atoms with E-state index in [0.717, 1.165) is 42.5 Å². The van der Waals surface area contributed by atoms with E-state index in [0.29, 0.717) is 18.8 Å². The summed E-state index contributed by atoms with van der Waals surface area (Å²) >= 11 is 6.28. The minimum atomic E-state index is -0.300. The molecule has 0 spiro atoms. The molecule has 0 saturated carbocycles. The zero-order valence-corrected chi connectivity index (χ0v) is 17.6. The molecule has 1 amide bonds. The summed E-state index contributed by atoms with van der Waals surface area (Å²) in [5, 5.41) is 3.02. The minimum Gasteiger partial charge on any atom is -0.410 e. The number of rotatable bonds is 6. The summed E-state index contributed by atoms with van der Waals surface area (Å²) < 4.78 is 5.55. The molecule has 3 aromatic rings. The summed E-state index contributed by atoms with van der Waals surface area (Å²) in [6, 6.07) is 7.39. The molecule has 1 aromatic carbocycles. The first kappa shape index (κ1) is 19.9. The molecule has 3 heterocycles. The molecule has 0 bridgehead atoms. The zero-order valence-electron chi connectivity index (χ0n) is 15.9. The Morgan fingerprint density at radius 2 is 1.97 bits per heavy atom. The van der Waals surface area contributed by atoms with Crippen LogP contribution in [0.2, 0.25) is 0 Å². The Morgan fingerprint density at radius 3 is 2.62 bits per heavy atom. The number of thiazole rings is 1. The fraction of sp³-hybridized carbons (Fsp3) is 0.350. The number of hydrogen-bond acceptors (Lipinski definition) is 7. The van der Waals surface area contributed by atoms with Gasteiger partial charge in [0.15, 0.2) is 0 Å². The van der Waals surface area contributed by atoms with Crippen molar-refractivity contribution in [3.63, 3.8) is 0 Å². The Kier molecular flexibility index (Phi) is 6.48. The SMILES string of the molecule is O=C(Oc1ccc(C(S)c2ncc[nH]2)cc1)N1CCN(CCc2nccs2)CC1. The van der Waals surface area contributed by atoms with Gasteiger partial charge in [0.05, 0.1) is 10.3 Å². The quantitative estimate of drug-likeness (QED) is 0.589. The number of aromatic amines is 1. The van der Waals surface area contributed by atoms with E-state index in [4.69, 9.17) is 4.74 Å². The van der Waals surface area contributed by atoms with Crippen molar-refractivity contribution < 1.29 is 9.53 Å². The van der Waals surface area contributed by atoms with Crippen molar-refractivity contribution in [3.8, 4) is 5.75 Å². The number of nitrogens with one attached hydrogen (secondary N) is 1. The molecule has 2 aromatic heterocycles. The van der Waals surface area contributed by atoms with Crippen LogP contribution in [-0.2, 0) is 6.42 Å². The van der Waals surface area contributed by atoms with Gasteiger partial charge in [-0.3, -0.25) is 4.90 Å². The number of amides is 1. The maximum Gasteiger partial charge on any atom is 0.415 e. The van der Waals surface area contributed by atoms with Crippen LogP contribution in [0.25, 0.3) is 0 Å². The molecule has 4 rings (SSSR count). The average molecular weight is 430 g/mol. The first-order chi connectivity index (χ1) is 14.2. The van der Waals surface area contributed by atoms with Gasteiger partial charge in [-0.15, -0.1) is 11.3 Å². The van der Waals surface area contributed by atoms with Crippen LogP contribution in [-0.4, -0.2) is 63.6 Å². The van der Waals surface area contributed by atoms with Gasteiger partial charge < -0.3 is 14.6 Å². The molecular formula is C20H23N5O2S2. The molecule has 7 nitrogen and oxygen atoms in total. The number of H-pyrrole nitrogens is 1. The Labute approximate surface area is 179 Å². The number of piperazine rings is 1. The third kappa shape index (κ3) is 5.17. The third-order valence-electron chi connectivity index (χ3n) is 4.94. The summed E-state index contributed by atoms with van der Waals surface area (Å²) in [4.78, 5) is 28.2. The molecule has 0 aliphatic carbocycles. The maximum absolute atomic E-state index is 12.5. The highest BCUT2D eigenvalue weighted by atomic mass is 32.1. The lowest BCUT2D eigenvalue weighted by Crippen LogP contribution is -2.49. The van der Waals surface area contributed by atoms with Gasteiger partial charge in [0.1, 0.15) is 11.6 Å². The predicted molar refractivity (Wildman–Crippen MR) is 116 cm³/mol. The van der Waals surface area contributed by atoms with Crippen molar-refractivity contribution in [2.45, 2.75) is 11.7 Å². The van der Waals surface area contributed by atoms with Crippen molar-refractivity contribution in [3.05, 3.63) is 64.6 Å².